The summed E-state index contributed by atoms with van der Waals surface area (Å²) in [5.74, 6) is -1.01. The van der Waals surface area contributed by atoms with Gasteiger partial charge in [0.25, 0.3) is 0 Å². The van der Waals surface area contributed by atoms with Crippen LogP contribution in [0.1, 0.15) is 12.8 Å². The lowest BCUT2D eigenvalue weighted by atomic mass is 10.2. The molecule has 1 aliphatic heterocycles. The number of halogens is 3. The summed E-state index contributed by atoms with van der Waals surface area (Å²) in [6, 6.07) is 3.85. The number of ether oxygens (including phenoxy) is 1. The van der Waals surface area contributed by atoms with Crippen molar-refractivity contribution in [2.24, 2.45) is 0 Å². The number of carbonyl (C=O) groups is 2. The van der Waals surface area contributed by atoms with Gasteiger partial charge in [-0.15, -0.1) is 0 Å². The van der Waals surface area contributed by atoms with Crippen LogP contribution in [0.4, 0.5) is 14.5 Å². The molecule has 0 aromatic heterocycles. The van der Waals surface area contributed by atoms with Crippen LogP contribution in [0, 0.1) is 0 Å². The molecule has 0 N–H and O–H groups in total. The maximum absolute atomic E-state index is 12.1. The van der Waals surface area contributed by atoms with Gasteiger partial charge in [-0.05, 0) is 12.1 Å². The van der Waals surface area contributed by atoms with Gasteiger partial charge in [0.05, 0.1) is 10.7 Å². The summed E-state index contributed by atoms with van der Waals surface area (Å²) in [6.07, 6.45) is 0.235. The lowest BCUT2D eigenvalue weighted by Gasteiger charge is -2.15. The van der Waals surface area contributed by atoms with E-state index in [0.29, 0.717) is 0 Å². The van der Waals surface area contributed by atoms with E-state index < -0.39 is 6.61 Å². The van der Waals surface area contributed by atoms with Gasteiger partial charge in [-0.2, -0.15) is 8.78 Å². The first kappa shape index (κ1) is 12.8. The molecule has 1 aromatic rings. The van der Waals surface area contributed by atoms with Crippen molar-refractivity contribution in [2.45, 2.75) is 19.5 Å². The molecule has 1 saturated heterocycles. The summed E-state index contributed by atoms with van der Waals surface area (Å²) in [5, 5.41) is -0.0156. The van der Waals surface area contributed by atoms with E-state index in [1.165, 1.54) is 12.1 Å². The van der Waals surface area contributed by atoms with Gasteiger partial charge in [-0.1, -0.05) is 11.6 Å². The van der Waals surface area contributed by atoms with Crippen LogP contribution >= 0.6 is 11.6 Å². The number of amides is 2. The van der Waals surface area contributed by atoms with Gasteiger partial charge >= 0.3 is 6.61 Å². The first-order chi connectivity index (χ1) is 8.49. The van der Waals surface area contributed by atoms with Crippen molar-refractivity contribution in [3.63, 3.8) is 0 Å². The van der Waals surface area contributed by atoms with Crippen molar-refractivity contribution in [3.8, 4) is 5.75 Å². The molecule has 2 amide bonds. The van der Waals surface area contributed by atoms with Gasteiger partial charge in [0, 0.05) is 18.9 Å². The smallest absolute Gasteiger partial charge is 0.387 e. The number of rotatable bonds is 3. The Morgan fingerprint density at radius 3 is 2.39 bits per heavy atom. The van der Waals surface area contributed by atoms with Crippen molar-refractivity contribution >= 4 is 29.1 Å². The molecule has 1 aliphatic rings. The summed E-state index contributed by atoms with van der Waals surface area (Å²) >= 11 is 5.67. The van der Waals surface area contributed by atoms with Gasteiger partial charge in [0.15, 0.2) is 0 Å². The average molecular weight is 276 g/mol. The number of hydrogen-bond acceptors (Lipinski definition) is 3. The van der Waals surface area contributed by atoms with Crippen LogP contribution in [0.25, 0.3) is 0 Å². The lowest BCUT2D eigenvalue weighted by Crippen LogP contribution is -2.28. The molecule has 2 rings (SSSR count). The van der Waals surface area contributed by atoms with E-state index in [1.807, 2.05) is 0 Å². The van der Waals surface area contributed by atoms with Gasteiger partial charge in [-0.25, -0.2) is 0 Å². The molecule has 0 saturated carbocycles. The van der Waals surface area contributed by atoms with Crippen molar-refractivity contribution < 1.29 is 23.1 Å². The molecular formula is C11H8ClF2NO3. The Hall–Kier alpha value is -1.69. The number of anilines is 1. The average Bonchev–Trinajstić information content (AvgIpc) is 2.62. The normalized spacial score (nSPS) is 15.7. The third-order valence-electron chi connectivity index (χ3n) is 2.44. The van der Waals surface area contributed by atoms with E-state index in [4.69, 9.17) is 11.6 Å². The second-order valence-electron chi connectivity index (χ2n) is 3.62. The zero-order valence-electron chi connectivity index (χ0n) is 9.03. The van der Waals surface area contributed by atoms with Gasteiger partial charge in [0.2, 0.25) is 11.8 Å². The fourth-order valence-corrected chi connectivity index (χ4v) is 1.84. The molecule has 0 aliphatic carbocycles. The zero-order valence-corrected chi connectivity index (χ0v) is 9.79. The Bertz CT molecular complexity index is 491. The first-order valence-electron chi connectivity index (χ1n) is 5.09. The number of hydrogen-bond donors (Lipinski definition) is 0. The van der Waals surface area contributed by atoms with Gasteiger partial charge in [0.1, 0.15) is 5.75 Å². The summed E-state index contributed by atoms with van der Waals surface area (Å²) < 4.78 is 28.5. The predicted molar refractivity (Wildman–Crippen MR) is 59.8 cm³/mol. The molecular weight excluding hydrogens is 268 g/mol. The van der Waals surface area contributed by atoms with Gasteiger partial charge in [-0.3, -0.25) is 14.5 Å². The van der Waals surface area contributed by atoms with Crippen molar-refractivity contribution in [1.29, 1.82) is 0 Å². The molecule has 0 unspecified atom stereocenters. The highest BCUT2D eigenvalue weighted by molar-refractivity contribution is 6.32. The highest BCUT2D eigenvalue weighted by Crippen LogP contribution is 2.32. The summed E-state index contributed by atoms with van der Waals surface area (Å²) in [5.41, 5.74) is 0.183. The largest absolute Gasteiger partial charge is 0.433 e. The minimum Gasteiger partial charge on any atom is -0.433 e. The molecule has 1 heterocycles. The minimum absolute atomic E-state index is 0.0156. The Balaban J connectivity index is 2.34. The molecule has 1 fully saturated rings. The Morgan fingerprint density at radius 2 is 1.83 bits per heavy atom. The molecule has 7 heteroatoms. The van der Waals surface area contributed by atoms with E-state index >= 15 is 0 Å². The molecule has 96 valence electrons. The summed E-state index contributed by atoms with van der Waals surface area (Å²) in [7, 11) is 0. The van der Waals surface area contributed by atoms with Crippen LogP contribution in [0.3, 0.4) is 0 Å². The molecule has 4 nitrogen and oxygen atoms in total. The number of imide groups is 1. The van der Waals surface area contributed by atoms with Crippen molar-refractivity contribution in [2.75, 3.05) is 4.90 Å². The number of nitrogens with zero attached hydrogens (tertiary/aromatic N) is 1. The molecule has 0 atom stereocenters. The number of benzene rings is 1. The highest BCUT2D eigenvalue weighted by Gasteiger charge is 2.30. The SMILES string of the molecule is O=C1CCC(=O)N1c1ccc(Cl)c(OC(F)F)c1. The Labute approximate surface area is 106 Å². The predicted octanol–water partition coefficient (Wildman–Crippen LogP) is 2.59. The van der Waals surface area contributed by atoms with E-state index in [2.05, 4.69) is 4.74 Å². The Morgan fingerprint density at radius 1 is 1.22 bits per heavy atom. The van der Waals surface area contributed by atoms with Crippen LogP contribution in [0.2, 0.25) is 5.02 Å². The first-order valence-corrected chi connectivity index (χ1v) is 5.47. The minimum atomic E-state index is -3.03. The molecule has 18 heavy (non-hydrogen) atoms. The van der Waals surface area contributed by atoms with Crippen LogP contribution < -0.4 is 9.64 Å². The molecule has 0 spiro atoms. The summed E-state index contributed by atoms with van der Waals surface area (Å²) in [6.45, 7) is -3.03. The van der Waals surface area contributed by atoms with E-state index in [0.717, 1.165) is 11.0 Å². The van der Waals surface area contributed by atoms with E-state index in [-0.39, 0.29) is 41.1 Å². The van der Waals surface area contributed by atoms with E-state index in [1.54, 1.807) is 0 Å². The van der Waals surface area contributed by atoms with Crippen molar-refractivity contribution in [3.05, 3.63) is 23.2 Å². The third-order valence-corrected chi connectivity index (χ3v) is 2.75. The van der Waals surface area contributed by atoms with Crippen LogP contribution in [-0.4, -0.2) is 18.4 Å². The number of carbonyl (C=O) groups excluding carboxylic acids is 2. The summed E-state index contributed by atoms with van der Waals surface area (Å²) in [4.78, 5) is 23.9. The third kappa shape index (κ3) is 2.43. The van der Waals surface area contributed by atoms with Crippen molar-refractivity contribution in [1.82, 2.24) is 0 Å². The maximum Gasteiger partial charge on any atom is 0.387 e. The van der Waals surface area contributed by atoms with Gasteiger partial charge < -0.3 is 4.74 Å². The quantitative estimate of drug-likeness (QED) is 0.797. The highest BCUT2D eigenvalue weighted by atomic mass is 35.5. The molecule has 0 bridgehead atoms. The lowest BCUT2D eigenvalue weighted by molar-refractivity contribution is -0.121. The topological polar surface area (TPSA) is 46.6 Å². The van der Waals surface area contributed by atoms with Crippen LogP contribution in [0.5, 0.6) is 5.75 Å². The monoisotopic (exact) mass is 275 g/mol. The van der Waals surface area contributed by atoms with Crippen LogP contribution in [-0.2, 0) is 9.59 Å². The molecule has 1 aromatic carbocycles. The zero-order chi connectivity index (χ0) is 13.3. The fraction of sp³-hybridized carbons (Fsp3) is 0.273. The molecule has 0 radical (unpaired) electrons. The Kier molecular flexibility index (Phi) is 3.47. The van der Waals surface area contributed by atoms with E-state index in [9.17, 15) is 18.4 Å². The standard InChI is InChI=1S/C11H8ClF2NO3/c12-7-2-1-6(5-8(7)18-11(13)14)15-9(16)3-4-10(15)17/h1-2,5,11H,3-4H2. The maximum atomic E-state index is 12.1. The second kappa shape index (κ2) is 4.89. The number of alkyl halides is 2. The van der Waals surface area contributed by atoms with Crippen LogP contribution in [0.15, 0.2) is 18.2 Å². The second-order valence-corrected chi connectivity index (χ2v) is 4.02. The fourth-order valence-electron chi connectivity index (χ4n) is 1.68.